The Morgan fingerprint density at radius 2 is 1.56 bits per heavy atom. The van der Waals surface area contributed by atoms with Crippen LogP contribution in [-0.2, 0) is 51.5 Å². The molecule has 3 N–H and O–H groups in total. The lowest BCUT2D eigenvalue weighted by atomic mass is 9.80. The first kappa shape index (κ1) is 34.6. The third kappa shape index (κ3) is 6.39. The number of anilines is 1. The Morgan fingerprint density at radius 3 is 2.25 bits per heavy atom. The molecule has 1 aliphatic heterocycles. The molecule has 3 aromatic rings. The Hall–Kier alpha value is -4.75. The van der Waals surface area contributed by atoms with Crippen LogP contribution in [0.1, 0.15) is 90.0 Å². The van der Waals surface area contributed by atoms with Crippen molar-refractivity contribution in [2.24, 2.45) is 0 Å². The third-order valence-electron chi connectivity index (χ3n) is 8.70. The number of H-pyrrole nitrogens is 1. The molecule has 2 heterocycles. The minimum Gasteiger partial charge on any atom is -0.466 e. The van der Waals surface area contributed by atoms with Crippen molar-refractivity contribution in [3.05, 3.63) is 87.2 Å². The molecular formula is C35H39N3O9S. The fourth-order valence-corrected chi connectivity index (χ4v) is 7.46. The summed E-state index contributed by atoms with van der Waals surface area (Å²) in [5, 5.41) is 2.91. The van der Waals surface area contributed by atoms with Crippen LogP contribution in [0.2, 0.25) is 0 Å². The molecule has 48 heavy (non-hydrogen) atoms. The van der Waals surface area contributed by atoms with Crippen LogP contribution in [0, 0.1) is 0 Å². The number of ether oxygens (including phenoxy) is 3. The maximum absolute atomic E-state index is 13.7. The summed E-state index contributed by atoms with van der Waals surface area (Å²) in [4.78, 5) is 55.8. The van der Waals surface area contributed by atoms with Crippen LogP contribution < -0.4 is 10.0 Å². The minimum atomic E-state index is -3.79. The second kappa shape index (κ2) is 14.2. The van der Waals surface area contributed by atoms with Gasteiger partial charge in [-0.15, -0.1) is 0 Å². The zero-order valence-corrected chi connectivity index (χ0v) is 28.3. The van der Waals surface area contributed by atoms with Gasteiger partial charge in [0.1, 0.15) is 5.69 Å². The summed E-state index contributed by atoms with van der Waals surface area (Å²) in [6, 6.07) is 12.1. The van der Waals surface area contributed by atoms with Crippen molar-refractivity contribution in [3.63, 3.8) is 0 Å². The summed E-state index contributed by atoms with van der Waals surface area (Å²) < 4.78 is 43.6. The average molecular weight is 678 g/mol. The van der Waals surface area contributed by atoms with Gasteiger partial charge in [-0.1, -0.05) is 29.8 Å². The number of sulfonamides is 1. The van der Waals surface area contributed by atoms with E-state index < -0.39 is 39.8 Å². The molecule has 2 atom stereocenters. The standard InChI is InChI=1S/C35H39N3O9S/c1-6-45-27(39)16-14-23-24(18-28(40)46-7-2)32(38-33(23)35(42)47-8-3)30-19(4)29(21-11-9-10-12-22(21)30)31-25-17-20(48(43,44)36-5)13-15-26(25)37-34(31)41/h9-13,15,17,29,31,36,38H,6-8,14,16,18H2,1-5H3,(H,37,41). The van der Waals surface area contributed by atoms with Gasteiger partial charge in [0, 0.05) is 23.6 Å². The Morgan fingerprint density at radius 1 is 0.875 bits per heavy atom. The molecule has 2 aromatic carbocycles. The predicted molar refractivity (Wildman–Crippen MR) is 177 cm³/mol. The van der Waals surface area contributed by atoms with Gasteiger partial charge in [-0.05, 0) is 87.2 Å². The monoisotopic (exact) mass is 677 g/mol. The molecule has 0 fully saturated rings. The highest BCUT2D eigenvalue weighted by Gasteiger charge is 2.44. The first-order chi connectivity index (χ1) is 23.0. The van der Waals surface area contributed by atoms with E-state index >= 15 is 0 Å². The van der Waals surface area contributed by atoms with Gasteiger partial charge in [0.25, 0.3) is 0 Å². The normalized spacial score (nSPS) is 16.7. The van der Waals surface area contributed by atoms with E-state index in [2.05, 4.69) is 15.0 Å². The lowest BCUT2D eigenvalue weighted by Gasteiger charge is -2.21. The van der Waals surface area contributed by atoms with Crippen molar-refractivity contribution in [1.29, 1.82) is 0 Å². The number of amides is 1. The maximum atomic E-state index is 13.7. The Bertz CT molecular complexity index is 1930. The van der Waals surface area contributed by atoms with E-state index in [4.69, 9.17) is 14.2 Å². The van der Waals surface area contributed by atoms with Crippen LogP contribution in [0.25, 0.3) is 5.57 Å². The molecule has 0 spiro atoms. The fraction of sp³-hybridized carbons (Fsp3) is 0.371. The smallest absolute Gasteiger partial charge is 0.355 e. The lowest BCUT2D eigenvalue weighted by Crippen LogP contribution is -2.20. The van der Waals surface area contributed by atoms with Crippen LogP contribution in [0.15, 0.2) is 52.9 Å². The summed E-state index contributed by atoms with van der Waals surface area (Å²) in [5.74, 6) is -3.20. The van der Waals surface area contributed by atoms with E-state index in [0.717, 1.165) is 16.7 Å². The quantitative estimate of drug-likeness (QED) is 0.176. The molecule has 5 rings (SSSR count). The largest absolute Gasteiger partial charge is 0.466 e. The van der Waals surface area contributed by atoms with Gasteiger partial charge in [-0.3, -0.25) is 14.4 Å². The molecule has 0 saturated heterocycles. The van der Waals surface area contributed by atoms with Crippen LogP contribution in [0.4, 0.5) is 5.69 Å². The number of nitrogens with one attached hydrogen (secondary N) is 3. The molecule has 2 aliphatic rings. The number of rotatable bonds is 13. The highest BCUT2D eigenvalue weighted by Crippen LogP contribution is 2.54. The fourth-order valence-electron chi connectivity index (χ4n) is 6.69. The Kier molecular flexibility index (Phi) is 10.2. The summed E-state index contributed by atoms with van der Waals surface area (Å²) >= 11 is 0. The Labute approximate surface area is 279 Å². The number of esters is 3. The van der Waals surface area contributed by atoms with Crippen molar-refractivity contribution in [2.75, 3.05) is 32.2 Å². The van der Waals surface area contributed by atoms with E-state index in [1.165, 1.54) is 19.2 Å². The number of aromatic nitrogens is 1. The molecule has 0 saturated carbocycles. The molecule has 13 heteroatoms. The van der Waals surface area contributed by atoms with Gasteiger partial charge < -0.3 is 24.5 Å². The van der Waals surface area contributed by atoms with Crippen LogP contribution in [0.5, 0.6) is 0 Å². The third-order valence-corrected chi connectivity index (χ3v) is 10.1. The van der Waals surface area contributed by atoms with Gasteiger partial charge >= 0.3 is 17.9 Å². The summed E-state index contributed by atoms with van der Waals surface area (Å²) in [6.45, 7) is 7.42. The van der Waals surface area contributed by atoms with Gasteiger partial charge in [-0.2, -0.15) is 0 Å². The van der Waals surface area contributed by atoms with Crippen LogP contribution >= 0.6 is 0 Å². The number of aromatic amines is 1. The summed E-state index contributed by atoms with van der Waals surface area (Å²) in [7, 11) is -2.47. The minimum absolute atomic E-state index is 0.0322. The molecule has 1 aliphatic carbocycles. The van der Waals surface area contributed by atoms with Gasteiger partial charge in [0.2, 0.25) is 15.9 Å². The van der Waals surface area contributed by atoms with E-state index in [-0.39, 0.29) is 55.6 Å². The van der Waals surface area contributed by atoms with E-state index in [1.54, 1.807) is 26.8 Å². The SMILES string of the molecule is CCOC(=O)CCc1c(C(=O)OCC)[nH]c(C2=C(C)C(C3C(=O)Nc4ccc(S(=O)(=O)NC)cc43)c3ccccc32)c1CC(=O)OCC. The second-order valence-electron chi connectivity index (χ2n) is 11.4. The first-order valence-corrected chi connectivity index (χ1v) is 17.4. The molecule has 12 nitrogen and oxygen atoms in total. The van der Waals surface area contributed by atoms with E-state index in [9.17, 15) is 27.6 Å². The topological polar surface area (TPSA) is 170 Å². The van der Waals surface area contributed by atoms with Crippen LogP contribution in [-0.4, -0.2) is 64.1 Å². The van der Waals surface area contributed by atoms with Crippen molar-refractivity contribution in [1.82, 2.24) is 9.71 Å². The number of carbonyl (C=O) groups excluding carboxylic acids is 4. The number of hydrogen-bond donors (Lipinski definition) is 3. The molecule has 1 aromatic heterocycles. The molecule has 0 bridgehead atoms. The van der Waals surface area contributed by atoms with Crippen molar-refractivity contribution >= 4 is 45.1 Å². The van der Waals surface area contributed by atoms with Gasteiger partial charge in [0.15, 0.2) is 0 Å². The number of benzene rings is 2. The summed E-state index contributed by atoms with van der Waals surface area (Å²) in [5.41, 5.74) is 5.62. The maximum Gasteiger partial charge on any atom is 0.355 e. The van der Waals surface area contributed by atoms with Crippen molar-refractivity contribution < 1.29 is 41.8 Å². The molecule has 0 radical (unpaired) electrons. The highest BCUT2D eigenvalue weighted by molar-refractivity contribution is 7.89. The van der Waals surface area contributed by atoms with Crippen molar-refractivity contribution in [2.45, 2.75) is 63.7 Å². The number of hydrogen-bond acceptors (Lipinski definition) is 9. The molecule has 1 amide bonds. The number of fused-ring (bicyclic) bond motifs is 2. The lowest BCUT2D eigenvalue weighted by molar-refractivity contribution is -0.143. The van der Waals surface area contributed by atoms with E-state index in [1.807, 2.05) is 31.2 Å². The van der Waals surface area contributed by atoms with Gasteiger partial charge in [-0.25, -0.2) is 17.9 Å². The predicted octanol–water partition coefficient (Wildman–Crippen LogP) is 4.36. The molecule has 254 valence electrons. The van der Waals surface area contributed by atoms with E-state index in [0.29, 0.717) is 33.6 Å². The number of allylic oxidation sites excluding steroid dienone is 1. The molecular weight excluding hydrogens is 638 g/mol. The first-order valence-electron chi connectivity index (χ1n) is 15.9. The molecule has 2 unspecified atom stereocenters. The van der Waals surface area contributed by atoms with Crippen molar-refractivity contribution in [3.8, 4) is 0 Å². The summed E-state index contributed by atoms with van der Waals surface area (Å²) in [6.07, 6.45) is -0.142. The van der Waals surface area contributed by atoms with Crippen LogP contribution in [0.3, 0.4) is 0 Å². The highest BCUT2D eigenvalue weighted by atomic mass is 32.2. The van der Waals surface area contributed by atoms with Gasteiger partial charge in [0.05, 0.1) is 42.7 Å². The average Bonchev–Trinajstić information content (AvgIpc) is 3.67. The second-order valence-corrected chi connectivity index (χ2v) is 13.3. The zero-order valence-electron chi connectivity index (χ0n) is 27.5. The Balaban J connectivity index is 1.73. The zero-order chi connectivity index (χ0) is 34.7. The number of carbonyl (C=O) groups is 4.